The monoisotopic (exact) mass is 241 g/mol. The molecule has 0 unspecified atom stereocenters. The van der Waals surface area contributed by atoms with E-state index in [9.17, 15) is 4.79 Å². The number of hydrogen-bond donors (Lipinski definition) is 2. The maximum absolute atomic E-state index is 11.9. The summed E-state index contributed by atoms with van der Waals surface area (Å²) in [4.78, 5) is 14.1. The molecule has 3 N–H and O–H groups in total. The smallest absolute Gasteiger partial charge is 0.223 e. The molecule has 1 aliphatic carbocycles. The Morgan fingerprint density at radius 1 is 1.35 bits per heavy atom. The largest absolute Gasteiger partial charge is 0.355 e. The van der Waals surface area contributed by atoms with Gasteiger partial charge in [0.2, 0.25) is 5.91 Å². The Bertz CT molecular complexity index is 235. The number of carbonyl (C=O) groups is 1. The van der Waals surface area contributed by atoms with E-state index in [1.54, 1.807) is 0 Å². The molecule has 0 atom stereocenters. The fourth-order valence-electron chi connectivity index (χ4n) is 2.14. The summed E-state index contributed by atoms with van der Waals surface area (Å²) < 4.78 is 0. The summed E-state index contributed by atoms with van der Waals surface area (Å²) in [6, 6.07) is 0.839. The summed E-state index contributed by atoms with van der Waals surface area (Å²) in [6.45, 7) is 5.97. The molecule has 0 saturated heterocycles. The first-order valence-electron chi connectivity index (χ1n) is 6.74. The molecule has 0 aliphatic heterocycles. The van der Waals surface area contributed by atoms with Crippen molar-refractivity contribution < 1.29 is 4.79 Å². The number of nitrogens with two attached hydrogens (primary N) is 1. The molecule has 0 bridgehead atoms. The van der Waals surface area contributed by atoms with Crippen LogP contribution in [0.15, 0.2) is 0 Å². The van der Waals surface area contributed by atoms with Crippen LogP contribution in [0.3, 0.4) is 0 Å². The van der Waals surface area contributed by atoms with Crippen LogP contribution in [-0.4, -0.2) is 43.0 Å². The van der Waals surface area contributed by atoms with E-state index in [-0.39, 0.29) is 11.8 Å². The van der Waals surface area contributed by atoms with Gasteiger partial charge in [0.25, 0.3) is 0 Å². The third-order valence-electron chi connectivity index (χ3n) is 3.79. The highest BCUT2D eigenvalue weighted by Gasteiger charge is 2.24. The minimum Gasteiger partial charge on any atom is -0.355 e. The number of amides is 1. The van der Waals surface area contributed by atoms with Crippen LogP contribution in [-0.2, 0) is 4.79 Å². The molecule has 0 radical (unpaired) electrons. The zero-order valence-corrected chi connectivity index (χ0v) is 11.4. The van der Waals surface area contributed by atoms with E-state index in [0.29, 0.717) is 12.1 Å². The van der Waals surface area contributed by atoms with Crippen molar-refractivity contribution in [1.82, 2.24) is 10.2 Å². The number of nitrogens with one attached hydrogen (secondary N) is 1. The molecule has 0 spiro atoms. The van der Waals surface area contributed by atoms with Crippen LogP contribution in [0.2, 0.25) is 0 Å². The van der Waals surface area contributed by atoms with E-state index in [1.165, 1.54) is 0 Å². The molecule has 1 aliphatic rings. The third kappa shape index (κ3) is 5.04. The normalized spacial score (nSPS) is 25.3. The highest BCUT2D eigenvalue weighted by Crippen LogP contribution is 2.22. The Morgan fingerprint density at radius 2 is 1.94 bits per heavy atom. The van der Waals surface area contributed by atoms with Crippen LogP contribution < -0.4 is 11.1 Å². The van der Waals surface area contributed by atoms with E-state index in [0.717, 1.165) is 38.8 Å². The fraction of sp³-hybridized carbons (Fsp3) is 0.923. The van der Waals surface area contributed by atoms with Gasteiger partial charge in [-0.1, -0.05) is 0 Å². The molecule has 0 aromatic heterocycles. The number of hydrogen-bond acceptors (Lipinski definition) is 3. The Morgan fingerprint density at radius 3 is 2.47 bits per heavy atom. The van der Waals surface area contributed by atoms with E-state index in [1.807, 2.05) is 0 Å². The third-order valence-corrected chi connectivity index (χ3v) is 3.79. The number of likely N-dealkylation sites (N-methyl/N-ethyl adjacent to an activating group) is 1. The molecule has 100 valence electrons. The summed E-state index contributed by atoms with van der Waals surface area (Å²) in [5.41, 5.74) is 5.83. The van der Waals surface area contributed by atoms with Crippen molar-refractivity contribution in [3.63, 3.8) is 0 Å². The van der Waals surface area contributed by atoms with E-state index in [2.05, 4.69) is 31.1 Å². The first kappa shape index (κ1) is 14.5. The molecule has 1 amide bonds. The van der Waals surface area contributed by atoms with Gasteiger partial charge in [0.15, 0.2) is 0 Å². The minimum absolute atomic E-state index is 0.194. The second kappa shape index (κ2) is 6.97. The number of carbonyl (C=O) groups excluding carboxylic acids is 1. The molecule has 0 aromatic rings. The van der Waals surface area contributed by atoms with Crippen molar-refractivity contribution in [3.05, 3.63) is 0 Å². The molecular weight excluding hydrogens is 214 g/mol. The van der Waals surface area contributed by atoms with Gasteiger partial charge in [0.1, 0.15) is 0 Å². The lowest BCUT2D eigenvalue weighted by Gasteiger charge is -2.26. The molecule has 1 rings (SSSR count). The van der Waals surface area contributed by atoms with Crippen LogP contribution in [0.4, 0.5) is 0 Å². The van der Waals surface area contributed by atoms with Crippen molar-refractivity contribution in [2.75, 3.05) is 20.1 Å². The second-order valence-electron chi connectivity index (χ2n) is 5.48. The summed E-state index contributed by atoms with van der Waals surface area (Å²) in [7, 11) is 2.08. The van der Waals surface area contributed by atoms with Gasteiger partial charge in [-0.05, 0) is 46.6 Å². The van der Waals surface area contributed by atoms with Crippen LogP contribution in [0.5, 0.6) is 0 Å². The molecule has 4 nitrogen and oxygen atoms in total. The maximum atomic E-state index is 11.9. The molecule has 4 heteroatoms. The van der Waals surface area contributed by atoms with Crippen molar-refractivity contribution in [3.8, 4) is 0 Å². The molecule has 1 saturated carbocycles. The fourth-order valence-corrected chi connectivity index (χ4v) is 2.14. The molecule has 0 heterocycles. The van der Waals surface area contributed by atoms with E-state index in [4.69, 9.17) is 5.73 Å². The van der Waals surface area contributed by atoms with Crippen LogP contribution in [0.1, 0.15) is 39.5 Å². The van der Waals surface area contributed by atoms with E-state index < -0.39 is 0 Å². The average Bonchev–Trinajstić information content (AvgIpc) is 2.29. The summed E-state index contributed by atoms with van der Waals surface area (Å²) in [5.74, 6) is 0.410. The van der Waals surface area contributed by atoms with Gasteiger partial charge in [-0.3, -0.25) is 4.79 Å². The standard InChI is InChI=1S/C13H27N3O/c1-10(2)16(3)9-8-15-13(17)11-4-6-12(14)7-5-11/h10-12H,4-9,14H2,1-3H3,(H,15,17). The van der Waals surface area contributed by atoms with Crippen LogP contribution in [0, 0.1) is 5.92 Å². The van der Waals surface area contributed by atoms with Gasteiger partial charge in [-0.25, -0.2) is 0 Å². The lowest BCUT2D eigenvalue weighted by Crippen LogP contribution is -2.40. The lowest BCUT2D eigenvalue weighted by atomic mass is 9.86. The van der Waals surface area contributed by atoms with Crippen molar-refractivity contribution >= 4 is 5.91 Å². The predicted molar refractivity (Wildman–Crippen MR) is 70.7 cm³/mol. The molecular formula is C13H27N3O. The highest BCUT2D eigenvalue weighted by atomic mass is 16.1. The number of nitrogens with zero attached hydrogens (tertiary/aromatic N) is 1. The van der Waals surface area contributed by atoms with Gasteiger partial charge in [-0.2, -0.15) is 0 Å². The highest BCUT2D eigenvalue weighted by molar-refractivity contribution is 5.78. The van der Waals surface area contributed by atoms with Crippen LogP contribution in [0.25, 0.3) is 0 Å². The minimum atomic E-state index is 0.194. The molecule has 1 fully saturated rings. The molecule has 17 heavy (non-hydrogen) atoms. The second-order valence-corrected chi connectivity index (χ2v) is 5.48. The van der Waals surface area contributed by atoms with Crippen LogP contribution >= 0.6 is 0 Å². The Kier molecular flexibility index (Phi) is 5.92. The van der Waals surface area contributed by atoms with Gasteiger partial charge in [-0.15, -0.1) is 0 Å². The first-order chi connectivity index (χ1) is 8.00. The summed E-state index contributed by atoms with van der Waals surface area (Å²) in [5, 5.41) is 3.03. The van der Waals surface area contributed by atoms with Crippen molar-refractivity contribution in [1.29, 1.82) is 0 Å². The Labute approximate surface area is 105 Å². The summed E-state index contributed by atoms with van der Waals surface area (Å²) in [6.07, 6.45) is 3.88. The van der Waals surface area contributed by atoms with Gasteiger partial charge >= 0.3 is 0 Å². The van der Waals surface area contributed by atoms with E-state index >= 15 is 0 Å². The Balaban J connectivity index is 2.17. The lowest BCUT2D eigenvalue weighted by molar-refractivity contribution is -0.126. The zero-order valence-electron chi connectivity index (χ0n) is 11.4. The topological polar surface area (TPSA) is 58.4 Å². The van der Waals surface area contributed by atoms with Gasteiger partial charge in [0.05, 0.1) is 0 Å². The predicted octanol–water partition coefficient (Wildman–Crippen LogP) is 0.960. The first-order valence-corrected chi connectivity index (χ1v) is 6.74. The SMILES string of the molecule is CC(C)N(C)CCNC(=O)C1CCC(N)CC1. The van der Waals surface area contributed by atoms with Gasteiger partial charge < -0.3 is 16.0 Å². The van der Waals surface area contributed by atoms with Gasteiger partial charge in [0, 0.05) is 31.1 Å². The van der Waals surface area contributed by atoms with Crippen molar-refractivity contribution in [2.45, 2.75) is 51.6 Å². The number of rotatable bonds is 5. The quantitative estimate of drug-likeness (QED) is 0.754. The molecule has 0 aromatic carbocycles. The maximum Gasteiger partial charge on any atom is 0.223 e. The Hall–Kier alpha value is -0.610. The summed E-state index contributed by atoms with van der Waals surface area (Å²) >= 11 is 0. The zero-order chi connectivity index (χ0) is 12.8. The van der Waals surface area contributed by atoms with Crippen molar-refractivity contribution in [2.24, 2.45) is 11.7 Å². The average molecular weight is 241 g/mol.